The van der Waals surface area contributed by atoms with E-state index in [1.54, 1.807) is 0 Å². The molecule has 1 saturated heterocycles. The molecule has 0 aromatic rings. The van der Waals surface area contributed by atoms with Gasteiger partial charge >= 0.3 is 143 Å². The Hall–Kier alpha value is 0.639. The zero-order valence-corrected chi connectivity index (χ0v) is 18.9. The quantitative estimate of drug-likeness (QED) is 0.622. The maximum atomic E-state index is 6.63. The Morgan fingerprint density at radius 1 is 0.682 bits per heavy atom. The molecule has 5 heteroatoms. The molecule has 0 aromatic carbocycles. The third kappa shape index (κ3) is 7.47. The van der Waals surface area contributed by atoms with Gasteiger partial charge in [-0.2, -0.15) is 0 Å². The molecule has 0 amide bonds. The molecule has 1 aliphatic rings. The Balaban J connectivity index is 3.20. The second-order valence-corrected chi connectivity index (χ2v) is 16.7. The van der Waals surface area contributed by atoms with Crippen molar-refractivity contribution in [2.24, 2.45) is 0 Å². The molecule has 4 nitrogen and oxygen atoms in total. The Kier molecular flexibility index (Phi) is 6.82. The SMILES string of the molecule is CC(C)(C)[O][Sn]([O]C(C)(C)C)([O]C(C)(C)C)[CH]1CCOCC1. The Morgan fingerprint density at radius 3 is 1.27 bits per heavy atom. The zero-order valence-electron chi connectivity index (χ0n) is 16.0. The molecule has 0 N–H and O–H groups in total. The van der Waals surface area contributed by atoms with Crippen LogP contribution in [0.2, 0.25) is 3.93 Å². The van der Waals surface area contributed by atoms with Gasteiger partial charge in [0.05, 0.1) is 0 Å². The summed E-state index contributed by atoms with van der Waals surface area (Å²) in [6.45, 7) is 20.4. The Bertz CT molecular complexity index is 302. The van der Waals surface area contributed by atoms with Gasteiger partial charge in [0.15, 0.2) is 0 Å². The van der Waals surface area contributed by atoms with Crippen LogP contribution in [-0.2, 0) is 14.0 Å². The van der Waals surface area contributed by atoms with Crippen LogP contribution in [0.1, 0.15) is 75.2 Å². The number of ether oxygens (including phenoxy) is 1. The molecule has 1 fully saturated rings. The van der Waals surface area contributed by atoms with Crippen LogP contribution in [0.5, 0.6) is 0 Å². The van der Waals surface area contributed by atoms with Crippen LogP contribution >= 0.6 is 0 Å². The van der Waals surface area contributed by atoms with Gasteiger partial charge in [0, 0.05) is 0 Å². The van der Waals surface area contributed by atoms with Gasteiger partial charge in [-0.3, -0.25) is 0 Å². The van der Waals surface area contributed by atoms with Crippen LogP contribution in [-0.4, -0.2) is 49.6 Å². The summed E-state index contributed by atoms with van der Waals surface area (Å²) in [6.07, 6.45) is 1.94. The molecule has 0 spiro atoms. The van der Waals surface area contributed by atoms with Crippen molar-refractivity contribution in [2.75, 3.05) is 13.2 Å². The van der Waals surface area contributed by atoms with Crippen molar-refractivity contribution in [1.82, 2.24) is 0 Å². The van der Waals surface area contributed by atoms with Crippen LogP contribution in [0, 0.1) is 0 Å². The van der Waals surface area contributed by atoms with Gasteiger partial charge in [0.1, 0.15) is 0 Å². The molecule has 0 aromatic heterocycles. The van der Waals surface area contributed by atoms with Gasteiger partial charge in [0.25, 0.3) is 0 Å². The molecule has 132 valence electrons. The topological polar surface area (TPSA) is 36.9 Å². The number of hydrogen-bond acceptors (Lipinski definition) is 4. The molecule has 1 heterocycles. The fourth-order valence-corrected chi connectivity index (χ4v) is 14.4. The summed E-state index contributed by atoms with van der Waals surface area (Å²) < 4.78 is 25.8. The van der Waals surface area contributed by atoms with Crippen LogP contribution in [0.15, 0.2) is 0 Å². The van der Waals surface area contributed by atoms with E-state index < -0.39 is 19.6 Å². The van der Waals surface area contributed by atoms with E-state index in [0.29, 0.717) is 3.93 Å². The second kappa shape index (κ2) is 7.26. The van der Waals surface area contributed by atoms with E-state index in [4.69, 9.17) is 14.0 Å². The van der Waals surface area contributed by atoms with E-state index in [0.717, 1.165) is 26.1 Å². The summed E-state index contributed by atoms with van der Waals surface area (Å²) in [5.74, 6) is 0. The molecular weight excluding hydrogens is 387 g/mol. The summed E-state index contributed by atoms with van der Waals surface area (Å²) >= 11 is -3.81. The first-order chi connectivity index (χ1) is 9.73. The third-order valence-electron chi connectivity index (χ3n) is 3.07. The van der Waals surface area contributed by atoms with Crippen molar-refractivity contribution in [3.05, 3.63) is 0 Å². The first-order valence-corrected chi connectivity index (χ1v) is 13.6. The van der Waals surface area contributed by atoms with Gasteiger partial charge in [-0.25, -0.2) is 0 Å². The number of hydrogen-bond donors (Lipinski definition) is 0. The van der Waals surface area contributed by atoms with Gasteiger partial charge < -0.3 is 0 Å². The first-order valence-electron chi connectivity index (χ1n) is 8.41. The Labute approximate surface area is 142 Å². The summed E-state index contributed by atoms with van der Waals surface area (Å²) in [5, 5.41) is 0. The third-order valence-corrected chi connectivity index (χ3v) is 15.2. The molecule has 0 atom stereocenters. The Morgan fingerprint density at radius 2 is 1.00 bits per heavy atom. The summed E-state index contributed by atoms with van der Waals surface area (Å²) in [5.41, 5.74) is -0.819. The average Bonchev–Trinajstić information content (AvgIpc) is 2.22. The molecule has 0 saturated carbocycles. The van der Waals surface area contributed by atoms with Crippen LogP contribution in [0.25, 0.3) is 0 Å². The van der Waals surface area contributed by atoms with Crippen molar-refractivity contribution < 1.29 is 14.0 Å². The molecular formula is C17H36O4Sn. The van der Waals surface area contributed by atoms with E-state index in [9.17, 15) is 0 Å². The molecule has 0 aliphatic carbocycles. The summed E-state index contributed by atoms with van der Waals surface area (Å²) in [4.78, 5) is 0. The van der Waals surface area contributed by atoms with E-state index in [1.165, 1.54) is 0 Å². The fourth-order valence-electron chi connectivity index (χ4n) is 2.64. The molecule has 1 aliphatic heterocycles. The van der Waals surface area contributed by atoms with Crippen molar-refractivity contribution in [3.63, 3.8) is 0 Å². The second-order valence-electron chi connectivity index (χ2n) is 9.13. The van der Waals surface area contributed by atoms with Gasteiger partial charge in [-0.15, -0.1) is 0 Å². The molecule has 0 unspecified atom stereocenters. The molecule has 1 rings (SSSR count). The van der Waals surface area contributed by atoms with Crippen LogP contribution < -0.4 is 0 Å². The zero-order chi connectivity index (χ0) is 17.2. The summed E-state index contributed by atoms with van der Waals surface area (Å²) in [7, 11) is 0. The van der Waals surface area contributed by atoms with E-state index in [-0.39, 0.29) is 16.8 Å². The minimum atomic E-state index is -3.81. The van der Waals surface area contributed by atoms with Crippen molar-refractivity contribution in [3.8, 4) is 0 Å². The average molecular weight is 423 g/mol. The summed E-state index contributed by atoms with van der Waals surface area (Å²) in [6, 6.07) is 0. The normalized spacial score (nSPS) is 19.5. The van der Waals surface area contributed by atoms with Crippen molar-refractivity contribution >= 4 is 19.6 Å². The van der Waals surface area contributed by atoms with E-state index >= 15 is 0 Å². The molecule has 0 radical (unpaired) electrons. The first kappa shape index (κ1) is 20.7. The van der Waals surface area contributed by atoms with E-state index in [1.807, 2.05) is 0 Å². The molecule has 22 heavy (non-hydrogen) atoms. The minimum absolute atomic E-state index is 0.273. The standard InChI is InChI=1S/C5H9O.3C4H9O.Sn/c1-2-4-6-5-3-1;3*1-4(2,3)5;/h1H,2-5H2;3*1-3H3;/q;3*-1;+3. The van der Waals surface area contributed by atoms with Gasteiger partial charge in [-0.05, 0) is 0 Å². The fraction of sp³-hybridized carbons (Fsp3) is 1.00. The van der Waals surface area contributed by atoms with E-state index in [2.05, 4.69) is 62.3 Å². The predicted octanol–water partition coefficient (Wildman–Crippen LogP) is 4.55. The number of rotatable bonds is 4. The van der Waals surface area contributed by atoms with Gasteiger partial charge in [-0.1, -0.05) is 0 Å². The van der Waals surface area contributed by atoms with Crippen LogP contribution in [0.4, 0.5) is 0 Å². The van der Waals surface area contributed by atoms with Crippen LogP contribution in [0.3, 0.4) is 0 Å². The molecule has 0 bridgehead atoms. The van der Waals surface area contributed by atoms with Crippen molar-refractivity contribution in [1.29, 1.82) is 0 Å². The van der Waals surface area contributed by atoms with Gasteiger partial charge in [0.2, 0.25) is 0 Å². The predicted molar refractivity (Wildman–Crippen MR) is 92.1 cm³/mol. The maximum absolute atomic E-state index is 6.63. The monoisotopic (exact) mass is 424 g/mol. The van der Waals surface area contributed by atoms with Crippen molar-refractivity contribution in [2.45, 2.75) is 95.9 Å².